The molecule has 0 N–H and O–H groups in total. The largest absolute Gasteiger partial charge is 0.356 e. The summed E-state index contributed by atoms with van der Waals surface area (Å²) in [6.45, 7) is 8.61. The Morgan fingerprint density at radius 1 is 1.23 bits per heavy atom. The average molecular weight is 372 g/mol. The third-order valence-corrected chi connectivity index (χ3v) is 5.96. The van der Waals surface area contributed by atoms with Crippen LogP contribution < -0.4 is 4.90 Å². The van der Waals surface area contributed by atoms with Crippen LogP contribution in [0.2, 0.25) is 5.02 Å². The Morgan fingerprint density at radius 3 is 2.81 bits per heavy atom. The van der Waals surface area contributed by atoms with E-state index in [1.54, 1.807) is 6.33 Å². The van der Waals surface area contributed by atoms with Crippen molar-refractivity contribution in [3.05, 3.63) is 45.6 Å². The molecule has 0 bridgehead atoms. The molecule has 2 aliphatic heterocycles. The zero-order valence-electron chi connectivity index (χ0n) is 15.3. The summed E-state index contributed by atoms with van der Waals surface area (Å²) >= 11 is 6.33. The fraction of sp³-hybridized carbons (Fsp3) is 0.474. The van der Waals surface area contributed by atoms with Gasteiger partial charge in [-0.15, -0.1) is 0 Å². The van der Waals surface area contributed by atoms with Crippen LogP contribution in [0.3, 0.4) is 0 Å². The molecule has 2 aliphatic rings. The summed E-state index contributed by atoms with van der Waals surface area (Å²) in [4.78, 5) is 30.2. The molecule has 1 fully saturated rings. The van der Waals surface area contributed by atoms with Crippen LogP contribution in [0.1, 0.15) is 34.6 Å². The maximum Gasteiger partial charge on any atom is 0.228 e. The van der Waals surface area contributed by atoms with Crippen molar-refractivity contribution in [3.8, 4) is 0 Å². The van der Waals surface area contributed by atoms with Gasteiger partial charge in [0.1, 0.15) is 12.1 Å². The fourth-order valence-electron chi connectivity index (χ4n) is 3.90. The number of rotatable bonds is 2. The lowest BCUT2D eigenvalue weighted by atomic mass is 10.1. The summed E-state index contributed by atoms with van der Waals surface area (Å²) in [7, 11) is 0. The maximum absolute atomic E-state index is 13.0. The summed E-state index contributed by atoms with van der Waals surface area (Å²) in [5.41, 5.74) is 4.92. The Kier molecular flexibility index (Phi) is 4.31. The number of halogens is 1. The van der Waals surface area contributed by atoms with Gasteiger partial charge in [-0.2, -0.15) is 0 Å². The van der Waals surface area contributed by atoms with Gasteiger partial charge in [-0.1, -0.05) is 11.6 Å². The maximum atomic E-state index is 13.0. The number of nitrogens with zero attached hydrogens (tertiary/aromatic N) is 5. The molecule has 2 aromatic heterocycles. The fourth-order valence-corrected chi connectivity index (χ4v) is 4.06. The number of aryl methyl sites for hydroxylation is 2. The van der Waals surface area contributed by atoms with Crippen LogP contribution in [0.15, 0.2) is 12.4 Å². The van der Waals surface area contributed by atoms with Crippen molar-refractivity contribution < 1.29 is 4.79 Å². The number of pyridine rings is 1. The zero-order chi connectivity index (χ0) is 18.4. The van der Waals surface area contributed by atoms with Crippen LogP contribution in [0, 0.1) is 26.7 Å². The highest BCUT2D eigenvalue weighted by molar-refractivity contribution is 6.32. The summed E-state index contributed by atoms with van der Waals surface area (Å²) < 4.78 is 0. The highest BCUT2D eigenvalue weighted by atomic mass is 35.5. The molecule has 0 spiro atoms. The van der Waals surface area contributed by atoms with E-state index in [0.717, 1.165) is 47.0 Å². The molecule has 0 aromatic carbocycles. The van der Waals surface area contributed by atoms with Gasteiger partial charge in [0, 0.05) is 31.4 Å². The number of hydrogen-bond acceptors (Lipinski definition) is 5. The molecule has 1 unspecified atom stereocenters. The van der Waals surface area contributed by atoms with Crippen LogP contribution >= 0.6 is 11.6 Å². The molecule has 0 radical (unpaired) electrons. The summed E-state index contributed by atoms with van der Waals surface area (Å²) in [5, 5.41) is 0.712. The second-order valence-corrected chi connectivity index (χ2v) is 7.58. The van der Waals surface area contributed by atoms with E-state index in [-0.39, 0.29) is 11.8 Å². The van der Waals surface area contributed by atoms with Crippen molar-refractivity contribution >= 4 is 23.3 Å². The van der Waals surface area contributed by atoms with E-state index in [4.69, 9.17) is 11.6 Å². The minimum atomic E-state index is -0.00328. The number of anilines is 1. The second-order valence-electron chi connectivity index (χ2n) is 7.20. The van der Waals surface area contributed by atoms with Crippen LogP contribution in [0.4, 0.5) is 5.82 Å². The average Bonchev–Trinajstić information content (AvgIpc) is 3.26. The predicted octanol–water partition coefficient (Wildman–Crippen LogP) is 2.82. The second kappa shape index (κ2) is 6.50. The van der Waals surface area contributed by atoms with Gasteiger partial charge in [-0.25, -0.2) is 9.97 Å². The third-order valence-electron chi connectivity index (χ3n) is 5.40. The summed E-state index contributed by atoms with van der Waals surface area (Å²) in [6, 6.07) is 1.97. The Morgan fingerprint density at radius 2 is 2.04 bits per heavy atom. The molecular formula is C19H22ClN5O. The standard InChI is InChI=1S/C19H22ClN5O/c1-11-6-17(22-10-21-11)24-5-4-14(7-24)19(26)25-8-15-12(2)18(20)13(3)23-16(15)9-25/h6,10,14H,4-5,7-9H2,1-3H3. The smallest absolute Gasteiger partial charge is 0.228 e. The van der Waals surface area contributed by atoms with Crippen molar-refractivity contribution in [1.82, 2.24) is 19.9 Å². The van der Waals surface area contributed by atoms with Gasteiger partial charge in [-0.3, -0.25) is 9.78 Å². The van der Waals surface area contributed by atoms with E-state index in [1.165, 1.54) is 0 Å². The number of carbonyl (C=O) groups excluding carboxylic acids is 1. The molecule has 7 heteroatoms. The predicted molar refractivity (Wildman–Crippen MR) is 100 cm³/mol. The minimum absolute atomic E-state index is 0.00328. The lowest BCUT2D eigenvalue weighted by Gasteiger charge is -2.21. The molecule has 136 valence electrons. The molecule has 4 heterocycles. The Bertz CT molecular complexity index is 884. The molecule has 1 atom stereocenters. The van der Waals surface area contributed by atoms with Crippen LogP contribution in [-0.4, -0.2) is 38.8 Å². The summed E-state index contributed by atoms with van der Waals surface area (Å²) in [6.07, 6.45) is 2.43. The number of carbonyl (C=O) groups is 1. The molecule has 1 amide bonds. The van der Waals surface area contributed by atoms with E-state index in [2.05, 4.69) is 19.9 Å². The number of amides is 1. The zero-order valence-corrected chi connectivity index (χ0v) is 16.0. The number of hydrogen-bond donors (Lipinski definition) is 0. The van der Waals surface area contributed by atoms with Crippen molar-refractivity contribution in [2.24, 2.45) is 5.92 Å². The van der Waals surface area contributed by atoms with E-state index < -0.39 is 0 Å². The van der Waals surface area contributed by atoms with E-state index in [0.29, 0.717) is 24.7 Å². The monoisotopic (exact) mass is 371 g/mol. The van der Waals surface area contributed by atoms with Crippen LogP contribution in [0.5, 0.6) is 0 Å². The van der Waals surface area contributed by atoms with Crippen LogP contribution in [0.25, 0.3) is 0 Å². The molecule has 0 saturated carbocycles. The number of aromatic nitrogens is 3. The molecule has 2 aromatic rings. The first-order chi connectivity index (χ1) is 12.4. The Balaban J connectivity index is 1.47. The molecule has 26 heavy (non-hydrogen) atoms. The first kappa shape index (κ1) is 17.2. The Hall–Kier alpha value is -2.21. The molecule has 0 aliphatic carbocycles. The number of fused-ring (bicyclic) bond motifs is 1. The van der Waals surface area contributed by atoms with E-state index >= 15 is 0 Å². The topological polar surface area (TPSA) is 62.2 Å². The van der Waals surface area contributed by atoms with Crippen molar-refractivity contribution in [2.75, 3.05) is 18.0 Å². The lowest BCUT2D eigenvalue weighted by molar-refractivity contribution is -0.135. The minimum Gasteiger partial charge on any atom is -0.356 e. The molecule has 6 nitrogen and oxygen atoms in total. The molecule has 1 saturated heterocycles. The molecule has 4 rings (SSSR count). The Labute approximate surface area is 158 Å². The van der Waals surface area contributed by atoms with Gasteiger partial charge < -0.3 is 9.80 Å². The first-order valence-corrected chi connectivity index (χ1v) is 9.28. The molecular weight excluding hydrogens is 350 g/mol. The van der Waals surface area contributed by atoms with Crippen molar-refractivity contribution in [1.29, 1.82) is 0 Å². The first-order valence-electron chi connectivity index (χ1n) is 8.91. The normalized spacial score (nSPS) is 19.2. The lowest BCUT2D eigenvalue weighted by Crippen LogP contribution is -2.34. The van der Waals surface area contributed by atoms with Gasteiger partial charge >= 0.3 is 0 Å². The van der Waals surface area contributed by atoms with Gasteiger partial charge in [-0.05, 0) is 38.3 Å². The van der Waals surface area contributed by atoms with E-state index in [9.17, 15) is 4.79 Å². The van der Waals surface area contributed by atoms with Crippen molar-refractivity contribution in [3.63, 3.8) is 0 Å². The highest BCUT2D eigenvalue weighted by Crippen LogP contribution is 2.32. The van der Waals surface area contributed by atoms with Gasteiger partial charge in [0.15, 0.2) is 0 Å². The van der Waals surface area contributed by atoms with Crippen molar-refractivity contribution in [2.45, 2.75) is 40.3 Å². The summed E-state index contributed by atoms with van der Waals surface area (Å²) in [5.74, 6) is 1.10. The van der Waals surface area contributed by atoms with E-state index in [1.807, 2.05) is 31.7 Å². The third kappa shape index (κ3) is 2.92. The van der Waals surface area contributed by atoms with Gasteiger partial charge in [0.05, 0.1) is 28.9 Å². The van der Waals surface area contributed by atoms with Crippen LogP contribution in [-0.2, 0) is 17.9 Å². The quantitative estimate of drug-likeness (QED) is 0.812. The SMILES string of the molecule is Cc1cc(N2CCC(C(=O)N3Cc4nc(C)c(Cl)c(C)c4C3)C2)ncn1. The highest BCUT2D eigenvalue weighted by Gasteiger charge is 2.35. The van der Waals surface area contributed by atoms with Gasteiger partial charge in [0.25, 0.3) is 0 Å². The van der Waals surface area contributed by atoms with Gasteiger partial charge in [0.2, 0.25) is 5.91 Å².